The van der Waals surface area contributed by atoms with E-state index in [1.807, 2.05) is 26.0 Å². The van der Waals surface area contributed by atoms with Crippen molar-refractivity contribution in [3.8, 4) is 0 Å². The molecule has 0 amide bonds. The number of hydrogen-bond acceptors (Lipinski definition) is 0. The molecule has 0 bridgehead atoms. The summed E-state index contributed by atoms with van der Waals surface area (Å²) in [6, 6.07) is 6.71. The van der Waals surface area contributed by atoms with E-state index < -0.39 is 0 Å². The van der Waals surface area contributed by atoms with Crippen molar-refractivity contribution in [3.63, 3.8) is 0 Å². The highest BCUT2D eigenvalue weighted by Gasteiger charge is 1.96. The van der Waals surface area contributed by atoms with Gasteiger partial charge in [-0.1, -0.05) is 39.8 Å². The highest BCUT2D eigenvalue weighted by atomic mass is 19.1. The fraction of sp³-hybridized carbons (Fsp3) is 0.500. The Morgan fingerprint density at radius 1 is 1.08 bits per heavy atom. The molecule has 0 saturated carbocycles. The summed E-state index contributed by atoms with van der Waals surface area (Å²) in [4.78, 5) is 0. The molecule has 0 N–H and O–H groups in total. The zero-order valence-electron chi connectivity index (χ0n) is 8.97. The monoisotopic (exact) mass is 182 g/mol. The van der Waals surface area contributed by atoms with Gasteiger partial charge in [-0.05, 0) is 30.0 Å². The molecule has 0 saturated heterocycles. The van der Waals surface area contributed by atoms with Gasteiger partial charge in [0.05, 0.1) is 0 Å². The van der Waals surface area contributed by atoms with Crippen molar-refractivity contribution >= 4 is 0 Å². The van der Waals surface area contributed by atoms with Crippen LogP contribution in [0.25, 0.3) is 0 Å². The van der Waals surface area contributed by atoms with Crippen molar-refractivity contribution in [1.82, 2.24) is 0 Å². The van der Waals surface area contributed by atoms with Crippen molar-refractivity contribution in [1.29, 1.82) is 0 Å². The third-order valence-corrected chi connectivity index (χ3v) is 1.56. The first kappa shape index (κ1) is 12.2. The van der Waals surface area contributed by atoms with Gasteiger partial charge in [0.15, 0.2) is 0 Å². The summed E-state index contributed by atoms with van der Waals surface area (Å²) in [7, 11) is 0. The topological polar surface area (TPSA) is 0 Å². The molecular formula is C12H19F. The second-order valence-electron chi connectivity index (χ2n) is 3.22. The molecule has 13 heavy (non-hydrogen) atoms. The minimum Gasteiger partial charge on any atom is -0.207 e. The summed E-state index contributed by atoms with van der Waals surface area (Å²) in [5, 5.41) is 0. The smallest absolute Gasteiger partial charge is 0.123 e. The first-order valence-electron chi connectivity index (χ1n) is 4.93. The molecule has 0 heterocycles. The highest BCUT2D eigenvalue weighted by molar-refractivity contribution is 5.16. The Morgan fingerprint density at radius 2 is 1.54 bits per heavy atom. The predicted octanol–water partition coefficient (Wildman–Crippen LogP) is 4.05. The van der Waals surface area contributed by atoms with Gasteiger partial charge in [0, 0.05) is 0 Å². The van der Waals surface area contributed by atoms with Crippen LogP contribution in [-0.4, -0.2) is 0 Å². The lowest BCUT2D eigenvalue weighted by Gasteiger charge is -2.03. The molecule has 1 aromatic carbocycles. The van der Waals surface area contributed by atoms with E-state index in [1.165, 1.54) is 17.7 Å². The zero-order valence-corrected chi connectivity index (χ0v) is 8.97. The highest BCUT2D eigenvalue weighted by Crippen LogP contribution is 2.08. The Balaban J connectivity index is 0.000000671. The van der Waals surface area contributed by atoms with E-state index in [4.69, 9.17) is 0 Å². The zero-order chi connectivity index (χ0) is 10.3. The molecule has 0 spiro atoms. The van der Waals surface area contributed by atoms with Gasteiger partial charge in [-0.2, -0.15) is 0 Å². The van der Waals surface area contributed by atoms with Gasteiger partial charge in [0.1, 0.15) is 5.82 Å². The Bertz CT molecular complexity index is 211. The Labute approximate surface area is 80.8 Å². The summed E-state index contributed by atoms with van der Waals surface area (Å²) >= 11 is 0. The van der Waals surface area contributed by atoms with Crippen LogP contribution in [-0.2, 0) is 6.42 Å². The standard InChI is InChI=1S/C10H13F.C2H6/c1-8(2)7-9-3-5-10(11)6-4-9;1-2/h3-6,8H,7H2,1-2H3;1-2H3. The normalized spacial score (nSPS) is 9.38. The van der Waals surface area contributed by atoms with Gasteiger partial charge >= 0.3 is 0 Å². The van der Waals surface area contributed by atoms with Gasteiger partial charge in [-0.3, -0.25) is 0 Å². The maximum atomic E-state index is 12.4. The second-order valence-corrected chi connectivity index (χ2v) is 3.22. The van der Waals surface area contributed by atoms with Gasteiger partial charge in [-0.25, -0.2) is 4.39 Å². The third-order valence-electron chi connectivity index (χ3n) is 1.56. The summed E-state index contributed by atoms with van der Waals surface area (Å²) in [5.41, 5.74) is 1.21. The molecule has 0 atom stereocenters. The van der Waals surface area contributed by atoms with E-state index in [9.17, 15) is 4.39 Å². The Morgan fingerprint density at radius 3 is 1.92 bits per heavy atom. The van der Waals surface area contributed by atoms with Gasteiger partial charge in [0.25, 0.3) is 0 Å². The quantitative estimate of drug-likeness (QED) is 0.647. The van der Waals surface area contributed by atoms with Gasteiger partial charge in [0.2, 0.25) is 0 Å². The molecule has 0 fully saturated rings. The first-order valence-corrected chi connectivity index (χ1v) is 4.93. The molecule has 0 aliphatic carbocycles. The Kier molecular flexibility index (Phi) is 6.21. The molecule has 0 aliphatic rings. The lowest BCUT2D eigenvalue weighted by Crippen LogP contribution is -1.93. The van der Waals surface area contributed by atoms with Gasteiger partial charge < -0.3 is 0 Å². The van der Waals surface area contributed by atoms with Crippen molar-refractivity contribution in [2.45, 2.75) is 34.1 Å². The molecule has 0 unspecified atom stereocenters. The van der Waals surface area contributed by atoms with Crippen molar-refractivity contribution in [2.75, 3.05) is 0 Å². The summed E-state index contributed by atoms with van der Waals surface area (Å²) in [5.74, 6) is 0.484. The average Bonchev–Trinajstić information content (AvgIpc) is 2.12. The lowest BCUT2D eigenvalue weighted by atomic mass is 10.0. The molecule has 74 valence electrons. The number of rotatable bonds is 2. The first-order chi connectivity index (χ1) is 6.18. The number of benzene rings is 1. The lowest BCUT2D eigenvalue weighted by molar-refractivity contribution is 0.620. The van der Waals surface area contributed by atoms with Crippen LogP contribution in [0.4, 0.5) is 4.39 Å². The van der Waals surface area contributed by atoms with E-state index >= 15 is 0 Å². The van der Waals surface area contributed by atoms with E-state index in [1.54, 1.807) is 0 Å². The molecule has 1 heteroatoms. The predicted molar refractivity (Wildman–Crippen MR) is 56.3 cm³/mol. The molecule has 0 aliphatic heterocycles. The van der Waals surface area contributed by atoms with Crippen LogP contribution in [0.15, 0.2) is 24.3 Å². The number of hydrogen-bond donors (Lipinski definition) is 0. The molecule has 0 nitrogen and oxygen atoms in total. The Hall–Kier alpha value is -0.850. The maximum Gasteiger partial charge on any atom is 0.123 e. The minimum atomic E-state index is -0.155. The minimum absolute atomic E-state index is 0.155. The van der Waals surface area contributed by atoms with Crippen LogP contribution in [0, 0.1) is 11.7 Å². The number of halogens is 1. The SMILES string of the molecule is CC.CC(C)Cc1ccc(F)cc1. The van der Waals surface area contributed by atoms with Crippen LogP contribution < -0.4 is 0 Å². The average molecular weight is 182 g/mol. The van der Waals surface area contributed by atoms with Crippen LogP contribution in [0.5, 0.6) is 0 Å². The van der Waals surface area contributed by atoms with E-state index in [0.717, 1.165) is 6.42 Å². The van der Waals surface area contributed by atoms with E-state index in [2.05, 4.69) is 13.8 Å². The third kappa shape index (κ3) is 5.40. The maximum absolute atomic E-state index is 12.4. The second kappa shape index (κ2) is 6.64. The van der Waals surface area contributed by atoms with Crippen molar-refractivity contribution in [2.24, 2.45) is 5.92 Å². The van der Waals surface area contributed by atoms with Crippen molar-refractivity contribution in [3.05, 3.63) is 35.6 Å². The largest absolute Gasteiger partial charge is 0.207 e. The van der Waals surface area contributed by atoms with E-state index in [0.29, 0.717) is 5.92 Å². The summed E-state index contributed by atoms with van der Waals surface area (Å²) in [6.07, 6.45) is 1.03. The van der Waals surface area contributed by atoms with Crippen LogP contribution >= 0.6 is 0 Å². The molecule has 0 aromatic heterocycles. The summed E-state index contributed by atoms with van der Waals surface area (Å²) in [6.45, 7) is 8.31. The molecule has 1 aromatic rings. The molecular weight excluding hydrogens is 163 g/mol. The van der Waals surface area contributed by atoms with Crippen LogP contribution in [0.3, 0.4) is 0 Å². The fourth-order valence-electron chi connectivity index (χ4n) is 1.09. The van der Waals surface area contributed by atoms with Crippen LogP contribution in [0.1, 0.15) is 33.3 Å². The van der Waals surface area contributed by atoms with E-state index in [-0.39, 0.29) is 5.82 Å². The van der Waals surface area contributed by atoms with Crippen molar-refractivity contribution < 1.29 is 4.39 Å². The van der Waals surface area contributed by atoms with Gasteiger partial charge in [-0.15, -0.1) is 0 Å². The molecule has 1 rings (SSSR count). The van der Waals surface area contributed by atoms with Crippen LogP contribution in [0.2, 0.25) is 0 Å². The molecule has 0 radical (unpaired) electrons. The fourth-order valence-corrected chi connectivity index (χ4v) is 1.09. The summed E-state index contributed by atoms with van der Waals surface area (Å²) < 4.78 is 12.4.